The maximum absolute atomic E-state index is 5.60. The molecule has 0 spiro atoms. The summed E-state index contributed by atoms with van der Waals surface area (Å²) in [6.45, 7) is 7.98. The Kier molecular flexibility index (Phi) is 5.20. The van der Waals surface area contributed by atoms with Crippen LogP contribution < -0.4 is 10.1 Å². The maximum Gasteiger partial charge on any atom is 0.399 e. The number of aromatic nitrogens is 1. The third-order valence-corrected chi connectivity index (χ3v) is 3.61. The monoisotopic (exact) mass is 338 g/mol. The Hall–Kier alpha value is -1.33. The molecule has 0 saturated heterocycles. The summed E-state index contributed by atoms with van der Waals surface area (Å²) < 4.78 is 12.0. The molecule has 0 radical (unpaired) electrons. The normalized spacial score (nSPS) is 11.1. The Morgan fingerprint density at radius 2 is 2.20 bits per heavy atom. The highest BCUT2D eigenvalue weighted by Crippen LogP contribution is 2.25. The van der Waals surface area contributed by atoms with E-state index in [4.69, 9.17) is 9.15 Å². The summed E-state index contributed by atoms with van der Waals surface area (Å²) >= 11 is 3.46. The minimum Gasteiger partial charge on any atom is -0.417 e. The van der Waals surface area contributed by atoms with Gasteiger partial charge in [0.05, 0.1) is 5.69 Å². The van der Waals surface area contributed by atoms with Crippen LogP contribution in [0.5, 0.6) is 11.8 Å². The molecule has 0 aliphatic carbocycles. The van der Waals surface area contributed by atoms with Gasteiger partial charge in [-0.3, -0.25) is 0 Å². The van der Waals surface area contributed by atoms with Gasteiger partial charge in [0.2, 0.25) is 0 Å². The zero-order chi connectivity index (χ0) is 14.5. The number of nitrogens with zero attached hydrogens (tertiary/aromatic N) is 1. The number of aryl methyl sites for hydroxylation is 1. The van der Waals surface area contributed by atoms with Crippen LogP contribution in [0, 0.1) is 12.8 Å². The first-order valence-corrected chi connectivity index (χ1v) is 7.43. The topological polar surface area (TPSA) is 47.3 Å². The molecule has 5 heteroatoms. The minimum atomic E-state index is 0.271. The molecule has 1 aromatic heterocycles. The molecule has 0 saturated carbocycles. The van der Waals surface area contributed by atoms with E-state index < -0.39 is 0 Å². The van der Waals surface area contributed by atoms with Crippen molar-refractivity contribution in [3.63, 3.8) is 0 Å². The van der Waals surface area contributed by atoms with Gasteiger partial charge >= 0.3 is 6.08 Å². The first kappa shape index (κ1) is 15.1. The van der Waals surface area contributed by atoms with Crippen molar-refractivity contribution in [1.29, 1.82) is 0 Å². The molecule has 2 aromatic rings. The molecule has 0 aliphatic heterocycles. The lowest BCUT2D eigenvalue weighted by molar-refractivity contribution is 0.330. The first-order chi connectivity index (χ1) is 9.54. The molecule has 1 heterocycles. The molecule has 4 nitrogen and oxygen atoms in total. The van der Waals surface area contributed by atoms with Gasteiger partial charge in [-0.2, -0.15) is 4.98 Å². The Labute approximate surface area is 127 Å². The van der Waals surface area contributed by atoms with Gasteiger partial charge in [0.15, 0.2) is 0 Å². The fourth-order valence-corrected chi connectivity index (χ4v) is 1.93. The zero-order valence-electron chi connectivity index (χ0n) is 11.9. The second-order valence-electron chi connectivity index (χ2n) is 5.14. The van der Waals surface area contributed by atoms with E-state index in [0.29, 0.717) is 18.2 Å². The standard InChI is InChI=1S/C15H19BrN2O2/c1-10(2)7-17-8-12-9-19-15(18-12)20-13-4-5-14(16)11(3)6-13/h4-6,9-10,17H,7-8H2,1-3H3. The predicted octanol–water partition coefficient (Wildman–Crippen LogP) is 4.28. The largest absolute Gasteiger partial charge is 0.417 e. The lowest BCUT2D eigenvalue weighted by atomic mass is 10.2. The Bertz CT molecular complexity index is 567. The van der Waals surface area contributed by atoms with E-state index in [-0.39, 0.29) is 6.08 Å². The summed E-state index contributed by atoms with van der Waals surface area (Å²) in [7, 11) is 0. The predicted molar refractivity (Wildman–Crippen MR) is 82.0 cm³/mol. The van der Waals surface area contributed by atoms with Gasteiger partial charge in [0.25, 0.3) is 0 Å². The number of oxazole rings is 1. The van der Waals surface area contributed by atoms with E-state index in [1.165, 1.54) is 0 Å². The number of ether oxygens (including phenoxy) is 1. The van der Waals surface area contributed by atoms with E-state index in [1.807, 2.05) is 25.1 Å². The highest BCUT2D eigenvalue weighted by Gasteiger charge is 2.07. The van der Waals surface area contributed by atoms with Crippen LogP contribution in [-0.4, -0.2) is 11.5 Å². The molecule has 0 unspecified atom stereocenters. The minimum absolute atomic E-state index is 0.271. The average molecular weight is 339 g/mol. The van der Waals surface area contributed by atoms with E-state index in [0.717, 1.165) is 22.3 Å². The zero-order valence-corrected chi connectivity index (χ0v) is 13.5. The van der Waals surface area contributed by atoms with Crippen molar-refractivity contribution in [2.75, 3.05) is 6.54 Å². The van der Waals surface area contributed by atoms with Crippen LogP contribution in [0.1, 0.15) is 25.1 Å². The lowest BCUT2D eigenvalue weighted by Gasteiger charge is -2.04. The number of halogens is 1. The summed E-state index contributed by atoms with van der Waals surface area (Å²) in [6, 6.07) is 5.75. The Morgan fingerprint density at radius 3 is 2.90 bits per heavy atom. The van der Waals surface area contributed by atoms with Crippen molar-refractivity contribution >= 4 is 15.9 Å². The quantitative estimate of drug-likeness (QED) is 0.853. The molecule has 20 heavy (non-hydrogen) atoms. The van der Waals surface area contributed by atoms with Crippen LogP contribution in [0.15, 0.2) is 33.4 Å². The smallest absolute Gasteiger partial charge is 0.399 e. The Morgan fingerprint density at radius 1 is 1.40 bits per heavy atom. The first-order valence-electron chi connectivity index (χ1n) is 6.63. The number of nitrogens with one attached hydrogen (secondary N) is 1. The maximum atomic E-state index is 5.60. The fraction of sp³-hybridized carbons (Fsp3) is 0.400. The second kappa shape index (κ2) is 6.90. The van der Waals surface area contributed by atoms with Crippen LogP contribution in [0.3, 0.4) is 0 Å². The van der Waals surface area contributed by atoms with Gasteiger partial charge < -0.3 is 14.5 Å². The molecular weight excluding hydrogens is 320 g/mol. The summed E-state index contributed by atoms with van der Waals surface area (Å²) in [5.41, 5.74) is 1.95. The van der Waals surface area contributed by atoms with Crippen molar-refractivity contribution in [1.82, 2.24) is 10.3 Å². The van der Waals surface area contributed by atoms with Crippen LogP contribution in [0.2, 0.25) is 0 Å². The van der Waals surface area contributed by atoms with E-state index in [9.17, 15) is 0 Å². The molecule has 1 N–H and O–H groups in total. The van der Waals surface area contributed by atoms with Gasteiger partial charge in [0, 0.05) is 11.0 Å². The number of benzene rings is 1. The van der Waals surface area contributed by atoms with Gasteiger partial charge in [-0.05, 0) is 43.1 Å². The third-order valence-electron chi connectivity index (χ3n) is 2.72. The van der Waals surface area contributed by atoms with Crippen LogP contribution >= 0.6 is 15.9 Å². The molecule has 0 atom stereocenters. The second-order valence-corrected chi connectivity index (χ2v) is 6.00. The molecule has 1 aromatic carbocycles. The van der Waals surface area contributed by atoms with Gasteiger partial charge in [-0.25, -0.2) is 0 Å². The number of hydrogen-bond acceptors (Lipinski definition) is 4. The molecular formula is C15H19BrN2O2. The number of rotatable bonds is 6. The van der Waals surface area contributed by atoms with Crippen molar-refractivity contribution in [2.45, 2.75) is 27.3 Å². The average Bonchev–Trinajstić information content (AvgIpc) is 2.81. The van der Waals surface area contributed by atoms with Crippen molar-refractivity contribution in [3.8, 4) is 11.8 Å². The van der Waals surface area contributed by atoms with Crippen molar-refractivity contribution < 1.29 is 9.15 Å². The molecule has 0 bridgehead atoms. The highest BCUT2D eigenvalue weighted by atomic mass is 79.9. The summed E-state index contributed by atoms with van der Waals surface area (Å²) in [6.07, 6.45) is 1.89. The van der Waals surface area contributed by atoms with Gasteiger partial charge in [-0.15, -0.1) is 0 Å². The van der Waals surface area contributed by atoms with Gasteiger partial charge in [-0.1, -0.05) is 29.8 Å². The fourth-order valence-electron chi connectivity index (χ4n) is 1.69. The summed E-state index contributed by atoms with van der Waals surface area (Å²) in [5.74, 6) is 1.33. The van der Waals surface area contributed by atoms with E-state index >= 15 is 0 Å². The SMILES string of the molecule is Cc1cc(Oc2nc(CNCC(C)C)co2)ccc1Br. The third kappa shape index (κ3) is 4.35. The van der Waals surface area contributed by atoms with E-state index in [2.05, 4.69) is 40.1 Å². The molecule has 2 rings (SSSR count). The van der Waals surface area contributed by atoms with Crippen LogP contribution in [0.25, 0.3) is 0 Å². The summed E-state index contributed by atoms with van der Waals surface area (Å²) in [5, 5.41) is 3.31. The van der Waals surface area contributed by atoms with Crippen LogP contribution in [-0.2, 0) is 6.54 Å². The Balaban J connectivity index is 1.93. The van der Waals surface area contributed by atoms with E-state index in [1.54, 1.807) is 6.26 Å². The molecule has 0 amide bonds. The molecule has 0 aliphatic rings. The highest BCUT2D eigenvalue weighted by molar-refractivity contribution is 9.10. The molecule has 108 valence electrons. The lowest BCUT2D eigenvalue weighted by Crippen LogP contribution is -2.19. The van der Waals surface area contributed by atoms with Crippen molar-refractivity contribution in [2.24, 2.45) is 5.92 Å². The summed E-state index contributed by atoms with van der Waals surface area (Å²) in [4.78, 5) is 4.29. The number of hydrogen-bond donors (Lipinski definition) is 1. The molecule has 0 fully saturated rings. The van der Waals surface area contributed by atoms with Crippen molar-refractivity contribution in [3.05, 3.63) is 40.2 Å². The van der Waals surface area contributed by atoms with Gasteiger partial charge in [0.1, 0.15) is 12.0 Å². The van der Waals surface area contributed by atoms with Crippen LogP contribution in [0.4, 0.5) is 0 Å².